The number of hydrogen-bond acceptors (Lipinski definition) is 7. The highest BCUT2D eigenvalue weighted by Gasteiger charge is 2.21. The Balaban J connectivity index is 1.03. The van der Waals surface area contributed by atoms with Gasteiger partial charge < -0.3 is 34.3 Å². The Morgan fingerprint density at radius 3 is 2.56 bits per heavy atom. The summed E-state index contributed by atoms with van der Waals surface area (Å²) in [6.45, 7) is 5.40. The second kappa shape index (κ2) is 16.1. The van der Waals surface area contributed by atoms with Gasteiger partial charge in [0, 0.05) is 43.1 Å². The van der Waals surface area contributed by atoms with Gasteiger partial charge in [0.1, 0.15) is 22.8 Å². The molecule has 6 aromatic rings. The summed E-state index contributed by atoms with van der Waals surface area (Å²) in [6, 6.07) is 29.6. The molecule has 0 aliphatic rings. The van der Waals surface area contributed by atoms with Crippen LogP contribution in [0.4, 0.5) is 5.69 Å². The molecule has 3 N–H and O–H groups in total. The van der Waals surface area contributed by atoms with Crippen molar-refractivity contribution in [2.24, 2.45) is 0 Å². The molecule has 9 heteroatoms. The summed E-state index contributed by atoms with van der Waals surface area (Å²) in [7, 11) is 1.66. The minimum absolute atomic E-state index is 0.0909. The maximum absolute atomic E-state index is 12.2. The van der Waals surface area contributed by atoms with Gasteiger partial charge in [0.05, 0.1) is 26.0 Å². The number of fused-ring (bicyclic) bond motifs is 2. The SMILES string of the molecule is COc1cccc(Cc2oc3ccc(NCCCCOc4ccc5cccc(CCNC(=O)c6ccco6)c5c4)cc3c2C(C)NC(C)=O)c1. The number of furan rings is 2. The molecule has 0 bridgehead atoms. The fourth-order valence-corrected chi connectivity index (χ4v) is 6.31. The van der Waals surface area contributed by atoms with Gasteiger partial charge in [0.15, 0.2) is 5.76 Å². The molecule has 258 valence electrons. The van der Waals surface area contributed by atoms with E-state index in [1.807, 2.05) is 55.5 Å². The van der Waals surface area contributed by atoms with Gasteiger partial charge in [-0.2, -0.15) is 0 Å². The first kappa shape index (κ1) is 34.2. The lowest BCUT2D eigenvalue weighted by Crippen LogP contribution is -2.25. The molecule has 0 saturated carbocycles. The van der Waals surface area contributed by atoms with Crippen LogP contribution in [-0.2, 0) is 17.6 Å². The number of benzene rings is 4. The van der Waals surface area contributed by atoms with E-state index in [1.54, 1.807) is 19.2 Å². The van der Waals surface area contributed by atoms with Gasteiger partial charge in [-0.25, -0.2) is 0 Å². The van der Waals surface area contributed by atoms with E-state index in [0.29, 0.717) is 31.8 Å². The molecule has 0 aliphatic carbocycles. The Morgan fingerprint density at radius 1 is 0.860 bits per heavy atom. The second-order valence-corrected chi connectivity index (χ2v) is 12.4. The van der Waals surface area contributed by atoms with Crippen molar-refractivity contribution in [2.45, 2.75) is 45.6 Å². The van der Waals surface area contributed by atoms with Crippen molar-refractivity contribution in [2.75, 3.05) is 32.1 Å². The molecule has 1 unspecified atom stereocenters. The van der Waals surface area contributed by atoms with E-state index in [9.17, 15) is 9.59 Å². The van der Waals surface area contributed by atoms with E-state index >= 15 is 0 Å². The number of carbonyl (C=O) groups excluding carboxylic acids is 2. The third kappa shape index (κ3) is 8.47. The van der Waals surface area contributed by atoms with E-state index in [-0.39, 0.29) is 17.9 Å². The number of ether oxygens (including phenoxy) is 2. The summed E-state index contributed by atoms with van der Waals surface area (Å²) in [5.41, 5.74) is 4.97. The second-order valence-electron chi connectivity index (χ2n) is 12.4. The highest BCUT2D eigenvalue weighted by Crippen LogP contribution is 2.35. The molecular weight excluding hydrogens is 630 g/mol. The van der Waals surface area contributed by atoms with Gasteiger partial charge in [-0.05, 0) is 103 Å². The zero-order valence-electron chi connectivity index (χ0n) is 28.7. The van der Waals surface area contributed by atoms with E-state index in [1.165, 1.54) is 13.2 Å². The van der Waals surface area contributed by atoms with Crippen LogP contribution < -0.4 is 25.4 Å². The van der Waals surface area contributed by atoms with Gasteiger partial charge in [0.25, 0.3) is 5.91 Å². The minimum atomic E-state index is -0.221. The predicted molar refractivity (Wildman–Crippen MR) is 196 cm³/mol. The standard InChI is InChI=1S/C41H43N3O6/c1-27(44-28(2)45)40-36-25-32(15-17-37(36)50-39(40)24-29-9-6-12-33(23-29)47-3)42-19-4-5-21-48-34-16-14-30-10-7-11-31(35(30)26-34)18-20-43-41(46)38-13-8-22-49-38/h6-17,22-23,25-27,42H,4-5,18-21,24H2,1-3H3,(H,43,46)(H,44,45). The van der Waals surface area contributed by atoms with Crippen LogP contribution in [0, 0.1) is 0 Å². The van der Waals surface area contributed by atoms with E-state index in [2.05, 4.69) is 46.3 Å². The number of hydrogen-bond donors (Lipinski definition) is 3. The molecular formula is C41H43N3O6. The number of nitrogens with one attached hydrogen (secondary N) is 3. The largest absolute Gasteiger partial charge is 0.497 e. The van der Waals surface area contributed by atoms with Gasteiger partial charge in [-0.3, -0.25) is 9.59 Å². The number of rotatable bonds is 16. The van der Waals surface area contributed by atoms with Gasteiger partial charge in [0.2, 0.25) is 5.91 Å². The Kier molecular flexibility index (Phi) is 11.0. The molecule has 9 nitrogen and oxygen atoms in total. The summed E-state index contributed by atoms with van der Waals surface area (Å²) < 4.78 is 23.1. The lowest BCUT2D eigenvalue weighted by Gasteiger charge is -2.14. The molecule has 0 fully saturated rings. The Hall–Kier alpha value is -5.70. The van der Waals surface area contributed by atoms with Crippen LogP contribution in [0.15, 0.2) is 106 Å². The molecule has 0 saturated heterocycles. The van der Waals surface area contributed by atoms with Crippen LogP contribution in [0.25, 0.3) is 21.7 Å². The zero-order valence-corrected chi connectivity index (χ0v) is 28.7. The van der Waals surface area contributed by atoms with Crippen LogP contribution in [0.3, 0.4) is 0 Å². The maximum Gasteiger partial charge on any atom is 0.286 e. The number of carbonyl (C=O) groups is 2. The summed E-state index contributed by atoms with van der Waals surface area (Å²) in [5, 5.41) is 12.7. The van der Waals surface area contributed by atoms with Crippen LogP contribution >= 0.6 is 0 Å². The third-order valence-electron chi connectivity index (χ3n) is 8.69. The average molecular weight is 674 g/mol. The number of anilines is 1. The van der Waals surface area contributed by atoms with Gasteiger partial charge in [-0.1, -0.05) is 36.4 Å². The lowest BCUT2D eigenvalue weighted by molar-refractivity contribution is -0.119. The van der Waals surface area contributed by atoms with Crippen molar-refractivity contribution in [1.29, 1.82) is 0 Å². The van der Waals surface area contributed by atoms with Crippen LogP contribution in [0.2, 0.25) is 0 Å². The summed E-state index contributed by atoms with van der Waals surface area (Å²) in [5.74, 6) is 2.44. The Bertz CT molecular complexity index is 2070. The highest BCUT2D eigenvalue weighted by molar-refractivity contribution is 5.91. The number of unbranched alkanes of at least 4 members (excludes halogenated alkanes) is 1. The molecule has 2 aromatic heterocycles. The summed E-state index contributed by atoms with van der Waals surface area (Å²) in [4.78, 5) is 24.2. The van der Waals surface area contributed by atoms with E-state index in [4.69, 9.17) is 18.3 Å². The molecule has 0 spiro atoms. The minimum Gasteiger partial charge on any atom is -0.497 e. The molecule has 0 aliphatic heterocycles. The smallest absolute Gasteiger partial charge is 0.286 e. The van der Waals surface area contributed by atoms with Crippen LogP contribution in [0.1, 0.15) is 65.7 Å². The topological polar surface area (TPSA) is 115 Å². The summed E-state index contributed by atoms with van der Waals surface area (Å²) in [6.07, 6.45) is 4.58. The fourth-order valence-electron chi connectivity index (χ4n) is 6.31. The lowest BCUT2D eigenvalue weighted by atomic mass is 9.99. The molecule has 1 atom stereocenters. The number of amides is 2. The predicted octanol–water partition coefficient (Wildman–Crippen LogP) is 8.22. The molecule has 2 amide bonds. The van der Waals surface area contributed by atoms with Crippen molar-refractivity contribution >= 4 is 39.2 Å². The summed E-state index contributed by atoms with van der Waals surface area (Å²) >= 11 is 0. The van der Waals surface area contributed by atoms with Crippen molar-refractivity contribution in [3.05, 3.63) is 125 Å². The maximum atomic E-state index is 12.2. The number of methoxy groups -OCH3 is 1. The average Bonchev–Trinajstić information content (AvgIpc) is 3.78. The Morgan fingerprint density at radius 2 is 1.74 bits per heavy atom. The quantitative estimate of drug-likeness (QED) is 0.0887. The van der Waals surface area contributed by atoms with Gasteiger partial charge >= 0.3 is 0 Å². The highest BCUT2D eigenvalue weighted by atomic mass is 16.5. The van der Waals surface area contributed by atoms with E-state index < -0.39 is 0 Å². The van der Waals surface area contributed by atoms with Crippen molar-refractivity contribution < 1.29 is 27.9 Å². The van der Waals surface area contributed by atoms with Crippen molar-refractivity contribution in [3.63, 3.8) is 0 Å². The van der Waals surface area contributed by atoms with Crippen LogP contribution in [0.5, 0.6) is 11.5 Å². The normalized spacial score (nSPS) is 11.7. The van der Waals surface area contributed by atoms with Crippen molar-refractivity contribution in [3.8, 4) is 11.5 Å². The molecule has 6 rings (SSSR count). The Labute approximate surface area is 291 Å². The monoisotopic (exact) mass is 673 g/mol. The van der Waals surface area contributed by atoms with Gasteiger partial charge in [-0.15, -0.1) is 0 Å². The first-order valence-electron chi connectivity index (χ1n) is 17.0. The van der Waals surface area contributed by atoms with E-state index in [0.717, 1.165) is 80.8 Å². The van der Waals surface area contributed by atoms with Crippen LogP contribution in [-0.4, -0.2) is 38.6 Å². The first-order chi connectivity index (χ1) is 24.4. The fraction of sp³-hybridized carbons (Fsp3) is 0.268. The molecule has 0 radical (unpaired) electrons. The molecule has 4 aromatic carbocycles. The third-order valence-corrected chi connectivity index (χ3v) is 8.69. The van der Waals surface area contributed by atoms with Crippen molar-refractivity contribution in [1.82, 2.24) is 10.6 Å². The molecule has 50 heavy (non-hydrogen) atoms. The molecule has 2 heterocycles. The zero-order chi connectivity index (χ0) is 34.9. The first-order valence-corrected chi connectivity index (χ1v) is 17.0.